The number of carbonyl (C=O) groups is 3. The molecule has 0 spiro atoms. The van der Waals surface area contributed by atoms with Gasteiger partial charge in [0.25, 0.3) is 0 Å². The molecule has 1 rings (SSSR count). The van der Waals surface area contributed by atoms with Gasteiger partial charge in [0.15, 0.2) is 0 Å². The minimum atomic E-state index is -1.26. The Hall–Kier alpha value is -2.38. The molecule has 0 saturated carbocycles. The molecule has 1 heterocycles. The summed E-state index contributed by atoms with van der Waals surface area (Å²) in [6.07, 6.45) is 2.58. The minimum Gasteiger partial charge on any atom is -0.481 e. The molecule has 0 radical (unpaired) electrons. The number of amides is 1. The first kappa shape index (κ1) is 13.7. The number of nitrogens with one attached hydrogen (secondary N) is 1. The summed E-state index contributed by atoms with van der Waals surface area (Å²) >= 11 is 0. The fraction of sp³-hybridized carbons (Fsp3) is 0.400. The summed E-state index contributed by atoms with van der Waals surface area (Å²) < 4.78 is 1.34. The molecule has 8 nitrogen and oxygen atoms in total. The molecule has 1 amide bonds. The summed E-state index contributed by atoms with van der Waals surface area (Å²) in [5, 5.41) is 23.3. The molecule has 0 aromatic carbocycles. The maximum atomic E-state index is 11.5. The maximum Gasteiger partial charge on any atom is 0.326 e. The molecule has 1 aromatic rings. The molecule has 0 saturated heterocycles. The standard InChI is InChI=1S/C10H13N3O5/c14-8(6-13-5-1-4-11-13)12-7(10(17)18)2-3-9(15)16/h1,4-5,7H,2-3,6H2,(H,12,14)(H,15,16)(H,17,18). The molecule has 3 N–H and O–H groups in total. The summed E-state index contributed by atoms with van der Waals surface area (Å²) in [5.41, 5.74) is 0. The van der Waals surface area contributed by atoms with Crippen LogP contribution in [0.5, 0.6) is 0 Å². The number of aliphatic carboxylic acids is 2. The number of nitrogens with zero attached hydrogens (tertiary/aromatic N) is 2. The second-order valence-electron chi connectivity index (χ2n) is 3.59. The number of carbonyl (C=O) groups excluding carboxylic acids is 1. The lowest BCUT2D eigenvalue weighted by atomic mass is 10.1. The van der Waals surface area contributed by atoms with Crippen molar-refractivity contribution in [3.8, 4) is 0 Å². The summed E-state index contributed by atoms with van der Waals surface area (Å²) in [6, 6.07) is 0.427. The number of carboxylic acids is 2. The highest BCUT2D eigenvalue weighted by atomic mass is 16.4. The van der Waals surface area contributed by atoms with Gasteiger partial charge in [0.1, 0.15) is 12.6 Å². The van der Waals surface area contributed by atoms with E-state index in [0.717, 1.165) is 0 Å². The van der Waals surface area contributed by atoms with E-state index in [-0.39, 0.29) is 19.4 Å². The van der Waals surface area contributed by atoms with Crippen LogP contribution in [0.3, 0.4) is 0 Å². The Labute approximate surface area is 102 Å². The Morgan fingerprint density at radius 1 is 1.33 bits per heavy atom. The molecule has 1 aromatic heterocycles. The fourth-order valence-corrected chi connectivity index (χ4v) is 1.31. The summed E-state index contributed by atoms with van der Waals surface area (Å²) in [4.78, 5) is 32.7. The number of hydrogen-bond donors (Lipinski definition) is 3. The van der Waals surface area contributed by atoms with Gasteiger partial charge in [-0.1, -0.05) is 0 Å². The van der Waals surface area contributed by atoms with E-state index in [1.54, 1.807) is 12.3 Å². The lowest BCUT2D eigenvalue weighted by molar-refractivity contribution is -0.143. The van der Waals surface area contributed by atoms with Crippen LogP contribution >= 0.6 is 0 Å². The molecule has 0 aliphatic rings. The van der Waals surface area contributed by atoms with Crippen molar-refractivity contribution in [3.63, 3.8) is 0 Å². The van der Waals surface area contributed by atoms with Crippen molar-refractivity contribution < 1.29 is 24.6 Å². The summed E-state index contributed by atoms with van der Waals surface area (Å²) in [6.45, 7) is -0.107. The average molecular weight is 255 g/mol. The first-order valence-electron chi connectivity index (χ1n) is 5.20. The van der Waals surface area contributed by atoms with Crippen LogP contribution in [0, 0.1) is 0 Å². The quantitative estimate of drug-likeness (QED) is 0.593. The zero-order valence-corrected chi connectivity index (χ0v) is 9.44. The zero-order valence-electron chi connectivity index (χ0n) is 9.44. The van der Waals surface area contributed by atoms with E-state index >= 15 is 0 Å². The largest absolute Gasteiger partial charge is 0.481 e. The molecule has 1 unspecified atom stereocenters. The second kappa shape index (κ2) is 6.38. The first-order valence-corrected chi connectivity index (χ1v) is 5.20. The Balaban J connectivity index is 2.47. The van der Waals surface area contributed by atoms with Crippen molar-refractivity contribution in [2.75, 3.05) is 0 Å². The van der Waals surface area contributed by atoms with Gasteiger partial charge in [0.2, 0.25) is 5.91 Å². The number of aromatic nitrogens is 2. The second-order valence-corrected chi connectivity index (χ2v) is 3.59. The van der Waals surface area contributed by atoms with Crippen LogP contribution in [-0.4, -0.2) is 43.9 Å². The average Bonchev–Trinajstić information content (AvgIpc) is 2.76. The van der Waals surface area contributed by atoms with Gasteiger partial charge < -0.3 is 15.5 Å². The van der Waals surface area contributed by atoms with Crippen molar-refractivity contribution in [3.05, 3.63) is 18.5 Å². The smallest absolute Gasteiger partial charge is 0.326 e. The fourth-order valence-electron chi connectivity index (χ4n) is 1.31. The van der Waals surface area contributed by atoms with Gasteiger partial charge in [-0.3, -0.25) is 14.3 Å². The lowest BCUT2D eigenvalue weighted by Crippen LogP contribution is -2.42. The van der Waals surface area contributed by atoms with Crippen LogP contribution in [0.4, 0.5) is 0 Å². The summed E-state index contributed by atoms with van der Waals surface area (Å²) in [7, 11) is 0. The van der Waals surface area contributed by atoms with Crippen molar-refractivity contribution in [1.82, 2.24) is 15.1 Å². The van der Waals surface area contributed by atoms with Crippen LogP contribution in [0.25, 0.3) is 0 Å². The van der Waals surface area contributed by atoms with Crippen molar-refractivity contribution in [1.29, 1.82) is 0 Å². The van der Waals surface area contributed by atoms with Gasteiger partial charge in [0, 0.05) is 18.8 Å². The number of rotatable bonds is 7. The molecule has 0 aliphatic carbocycles. The Morgan fingerprint density at radius 2 is 2.06 bits per heavy atom. The van der Waals surface area contributed by atoms with Crippen LogP contribution in [0.15, 0.2) is 18.5 Å². The number of carboxylic acid groups (broad SMARTS) is 2. The normalized spacial score (nSPS) is 11.8. The molecular weight excluding hydrogens is 242 g/mol. The molecule has 8 heteroatoms. The lowest BCUT2D eigenvalue weighted by Gasteiger charge is -2.13. The van der Waals surface area contributed by atoms with E-state index in [4.69, 9.17) is 10.2 Å². The van der Waals surface area contributed by atoms with Crippen LogP contribution in [0.2, 0.25) is 0 Å². The Morgan fingerprint density at radius 3 is 2.56 bits per heavy atom. The predicted molar refractivity (Wildman–Crippen MR) is 58.7 cm³/mol. The Bertz CT molecular complexity index is 429. The third-order valence-electron chi connectivity index (χ3n) is 2.14. The third-order valence-corrected chi connectivity index (χ3v) is 2.14. The summed E-state index contributed by atoms with van der Waals surface area (Å²) in [5.74, 6) is -2.90. The first-order chi connectivity index (χ1) is 8.49. The van der Waals surface area contributed by atoms with Crippen molar-refractivity contribution >= 4 is 17.8 Å². The van der Waals surface area contributed by atoms with Crippen molar-refractivity contribution in [2.45, 2.75) is 25.4 Å². The molecule has 98 valence electrons. The van der Waals surface area contributed by atoms with E-state index < -0.39 is 23.9 Å². The zero-order chi connectivity index (χ0) is 13.5. The monoisotopic (exact) mass is 255 g/mol. The number of hydrogen-bond acceptors (Lipinski definition) is 4. The van der Waals surface area contributed by atoms with Crippen LogP contribution < -0.4 is 5.32 Å². The maximum absolute atomic E-state index is 11.5. The van der Waals surface area contributed by atoms with E-state index in [1.165, 1.54) is 10.9 Å². The molecule has 18 heavy (non-hydrogen) atoms. The predicted octanol–water partition coefficient (Wildman–Crippen LogP) is -0.683. The molecule has 1 atom stereocenters. The molecule has 0 fully saturated rings. The molecular formula is C10H13N3O5. The highest BCUT2D eigenvalue weighted by Crippen LogP contribution is 1.98. The van der Waals surface area contributed by atoms with Crippen LogP contribution in [0.1, 0.15) is 12.8 Å². The Kier molecular flexibility index (Phi) is 4.85. The minimum absolute atomic E-state index is 0.107. The van der Waals surface area contributed by atoms with E-state index in [9.17, 15) is 14.4 Å². The third kappa shape index (κ3) is 4.64. The van der Waals surface area contributed by atoms with Gasteiger partial charge in [-0.05, 0) is 12.5 Å². The van der Waals surface area contributed by atoms with E-state index in [1.807, 2.05) is 0 Å². The van der Waals surface area contributed by atoms with E-state index in [0.29, 0.717) is 0 Å². The van der Waals surface area contributed by atoms with Gasteiger partial charge >= 0.3 is 11.9 Å². The molecule has 0 aliphatic heterocycles. The highest BCUT2D eigenvalue weighted by Gasteiger charge is 2.20. The van der Waals surface area contributed by atoms with E-state index in [2.05, 4.69) is 10.4 Å². The highest BCUT2D eigenvalue weighted by molar-refractivity contribution is 5.83. The van der Waals surface area contributed by atoms with Gasteiger partial charge in [0.05, 0.1) is 0 Å². The van der Waals surface area contributed by atoms with Gasteiger partial charge in [-0.2, -0.15) is 5.10 Å². The SMILES string of the molecule is O=C(O)CCC(NC(=O)Cn1cccn1)C(=O)O. The van der Waals surface area contributed by atoms with Gasteiger partial charge in [-0.15, -0.1) is 0 Å². The van der Waals surface area contributed by atoms with Crippen LogP contribution in [-0.2, 0) is 20.9 Å². The van der Waals surface area contributed by atoms with Crippen molar-refractivity contribution in [2.24, 2.45) is 0 Å². The van der Waals surface area contributed by atoms with Gasteiger partial charge in [-0.25, -0.2) is 4.79 Å². The topological polar surface area (TPSA) is 122 Å². The molecule has 0 bridgehead atoms.